The van der Waals surface area contributed by atoms with E-state index in [1.54, 1.807) is 25.3 Å². The molecule has 1 aromatic heterocycles. The highest BCUT2D eigenvalue weighted by molar-refractivity contribution is 7.99. The fourth-order valence-electron chi connectivity index (χ4n) is 2.49. The van der Waals surface area contributed by atoms with Crippen LogP contribution in [0.2, 0.25) is 10.0 Å². The number of Topliss-reactive ketones (excluding diaryl/α,β-unsaturated/α-hetero) is 1. The van der Waals surface area contributed by atoms with E-state index in [4.69, 9.17) is 27.9 Å². The number of aromatic nitrogens is 2. The summed E-state index contributed by atoms with van der Waals surface area (Å²) >= 11 is 13.3. The van der Waals surface area contributed by atoms with Crippen LogP contribution in [0.4, 0.5) is 5.69 Å². The summed E-state index contributed by atoms with van der Waals surface area (Å²) in [6.07, 6.45) is 0. The molecule has 3 aromatic rings. The fourth-order valence-corrected chi connectivity index (χ4v) is 3.72. The first-order chi connectivity index (χ1) is 13.4. The van der Waals surface area contributed by atoms with Crippen LogP contribution in [0.5, 0.6) is 5.75 Å². The molecule has 0 atom stereocenters. The molecule has 5 nitrogen and oxygen atoms in total. The zero-order valence-corrected chi connectivity index (χ0v) is 18.0. The zero-order valence-electron chi connectivity index (χ0n) is 15.6. The molecule has 8 heteroatoms. The third-order valence-electron chi connectivity index (χ3n) is 4.22. The van der Waals surface area contributed by atoms with Crippen LogP contribution in [-0.2, 0) is 0 Å². The maximum Gasteiger partial charge on any atom is 0.187 e. The summed E-state index contributed by atoms with van der Waals surface area (Å²) in [6, 6.07) is 12.5. The number of nitrogens with one attached hydrogen (secondary N) is 1. The Labute approximate surface area is 178 Å². The summed E-state index contributed by atoms with van der Waals surface area (Å²) < 4.78 is 7.07. The Kier molecular flexibility index (Phi) is 6.54. The van der Waals surface area contributed by atoms with Gasteiger partial charge in [0.05, 0.1) is 40.0 Å². The van der Waals surface area contributed by atoms with Crippen LogP contribution >= 0.6 is 35.0 Å². The molecule has 28 heavy (non-hydrogen) atoms. The lowest BCUT2D eigenvalue weighted by molar-refractivity contribution is 0.102. The lowest BCUT2D eigenvalue weighted by Crippen LogP contribution is -2.13. The number of ketones is 1. The molecule has 0 bridgehead atoms. The number of methoxy groups -OCH3 is 1. The molecule has 0 aliphatic heterocycles. The Balaban J connectivity index is 1.75. The highest BCUT2D eigenvalue weighted by atomic mass is 35.5. The van der Waals surface area contributed by atoms with Crippen molar-refractivity contribution in [2.24, 2.45) is 0 Å². The summed E-state index contributed by atoms with van der Waals surface area (Å²) in [5.41, 5.74) is 6.60. The highest BCUT2D eigenvalue weighted by Gasteiger charge is 2.15. The number of rotatable bonds is 7. The second-order valence-electron chi connectivity index (χ2n) is 6.08. The van der Waals surface area contributed by atoms with Gasteiger partial charge in [0.25, 0.3) is 0 Å². The molecule has 0 spiro atoms. The second kappa shape index (κ2) is 8.90. The average Bonchev–Trinajstić information content (AvgIpc) is 2.96. The Morgan fingerprint density at radius 1 is 1.14 bits per heavy atom. The van der Waals surface area contributed by atoms with Crippen molar-refractivity contribution in [3.05, 3.63) is 69.5 Å². The van der Waals surface area contributed by atoms with Crippen LogP contribution in [0.15, 0.2) is 47.6 Å². The monoisotopic (exact) mass is 435 g/mol. The van der Waals surface area contributed by atoms with Crippen molar-refractivity contribution in [1.29, 1.82) is 0 Å². The molecular weight excluding hydrogens is 417 g/mol. The number of halogens is 2. The molecule has 0 fully saturated rings. The average molecular weight is 436 g/mol. The minimum Gasteiger partial charge on any atom is -0.497 e. The summed E-state index contributed by atoms with van der Waals surface area (Å²) in [6.45, 7) is 3.91. The van der Waals surface area contributed by atoms with E-state index < -0.39 is 0 Å². The summed E-state index contributed by atoms with van der Waals surface area (Å²) in [7, 11) is 1.63. The molecule has 0 aliphatic carbocycles. The fraction of sp³-hybridized carbons (Fsp3) is 0.200. The van der Waals surface area contributed by atoms with Crippen molar-refractivity contribution in [2.45, 2.75) is 19.0 Å². The SMILES string of the molecule is COc1ccc(Nn2c(SCC(=O)c3ccc(Cl)c(Cl)c3)nc(C)c2C)cc1. The van der Waals surface area contributed by atoms with E-state index in [1.807, 2.05) is 42.8 Å². The topological polar surface area (TPSA) is 56.1 Å². The van der Waals surface area contributed by atoms with E-state index in [0.717, 1.165) is 22.8 Å². The van der Waals surface area contributed by atoms with Crippen LogP contribution in [0, 0.1) is 13.8 Å². The number of anilines is 1. The van der Waals surface area contributed by atoms with E-state index in [0.29, 0.717) is 20.8 Å². The van der Waals surface area contributed by atoms with Crippen LogP contribution < -0.4 is 10.2 Å². The first kappa shape index (κ1) is 20.6. The third-order valence-corrected chi connectivity index (χ3v) is 5.90. The Hall–Kier alpha value is -2.15. The number of thioether (sulfide) groups is 1. The lowest BCUT2D eigenvalue weighted by atomic mass is 10.1. The number of hydrogen-bond acceptors (Lipinski definition) is 5. The maximum absolute atomic E-state index is 12.5. The van der Waals surface area contributed by atoms with Gasteiger partial charge in [-0.25, -0.2) is 9.66 Å². The van der Waals surface area contributed by atoms with Gasteiger partial charge in [-0.05, 0) is 56.3 Å². The summed E-state index contributed by atoms with van der Waals surface area (Å²) in [5, 5.41) is 1.50. The molecule has 0 amide bonds. The van der Waals surface area contributed by atoms with Crippen molar-refractivity contribution in [3.63, 3.8) is 0 Å². The number of carbonyl (C=O) groups is 1. The first-order valence-corrected chi connectivity index (χ1v) is 10.2. The summed E-state index contributed by atoms with van der Waals surface area (Å²) in [5.74, 6) is 0.974. The Morgan fingerprint density at radius 3 is 2.50 bits per heavy atom. The molecule has 1 heterocycles. The number of nitrogens with zero attached hydrogens (tertiary/aromatic N) is 2. The lowest BCUT2D eigenvalue weighted by Gasteiger charge is -2.13. The van der Waals surface area contributed by atoms with E-state index in [9.17, 15) is 4.79 Å². The van der Waals surface area contributed by atoms with Gasteiger partial charge in [-0.3, -0.25) is 10.2 Å². The molecule has 3 rings (SSSR count). The molecule has 1 N–H and O–H groups in total. The van der Waals surface area contributed by atoms with Crippen molar-refractivity contribution >= 4 is 46.4 Å². The van der Waals surface area contributed by atoms with Crippen LogP contribution in [0.25, 0.3) is 0 Å². The molecule has 0 unspecified atom stereocenters. The smallest absolute Gasteiger partial charge is 0.187 e. The van der Waals surface area contributed by atoms with E-state index >= 15 is 0 Å². The summed E-state index contributed by atoms with van der Waals surface area (Å²) in [4.78, 5) is 17.1. The minimum atomic E-state index is -0.0436. The minimum absolute atomic E-state index is 0.0436. The van der Waals surface area contributed by atoms with Crippen molar-refractivity contribution < 1.29 is 9.53 Å². The van der Waals surface area contributed by atoms with Gasteiger partial charge in [0.1, 0.15) is 5.75 Å². The Morgan fingerprint density at radius 2 is 1.86 bits per heavy atom. The number of carbonyl (C=O) groups excluding carboxylic acids is 1. The van der Waals surface area contributed by atoms with E-state index in [-0.39, 0.29) is 11.5 Å². The van der Waals surface area contributed by atoms with Gasteiger partial charge < -0.3 is 4.74 Å². The van der Waals surface area contributed by atoms with Gasteiger partial charge in [-0.2, -0.15) is 0 Å². The maximum atomic E-state index is 12.5. The van der Waals surface area contributed by atoms with E-state index in [1.165, 1.54) is 11.8 Å². The number of aryl methyl sites for hydroxylation is 1. The van der Waals surface area contributed by atoms with Gasteiger partial charge in [-0.15, -0.1) is 0 Å². The highest BCUT2D eigenvalue weighted by Crippen LogP contribution is 2.26. The Bertz CT molecular complexity index is 1000. The largest absolute Gasteiger partial charge is 0.497 e. The van der Waals surface area contributed by atoms with Crippen molar-refractivity contribution in [2.75, 3.05) is 18.3 Å². The van der Waals surface area contributed by atoms with Gasteiger partial charge >= 0.3 is 0 Å². The van der Waals surface area contributed by atoms with Crippen molar-refractivity contribution in [1.82, 2.24) is 9.66 Å². The van der Waals surface area contributed by atoms with Gasteiger partial charge in [-0.1, -0.05) is 35.0 Å². The van der Waals surface area contributed by atoms with Crippen LogP contribution in [0.3, 0.4) is 0 Å². The third kappa shape index (κ3) is 4.63. The zero-order chi connectivity index (χ0) is 20.3. The van der Waals surface area contributed by atoms with Crippen molar-refractivity contribution in [3.8, 4) is 5.75 Å². The predicted octanol–water partition coefficient (Wildman–Crippen LogP) is 5.67. The molecule has 0 saturated heterocycles. The normalized spacial score (nSPS) is 10.8. The molecule has 2 aromatic carbocycles. The standard InChI is InChI=1S/C20H19Cl2N3O2S/c1-12-13(2)25(24-15-5-7-16(27-3)8-6-15)20(23-12)28-11-19(26)14-4-9-17(21)18(22)10-14/h4-10,24H,11H2,1-3H3. The first-order valence-electron chi connectivity index (χ1n) is 8.47. The quantitative estimate of drug-likeness (QED) is 0.382. The van der Waals surface area contributed by atoms with Gasteiger partial charge in [0, 0.05) is 5.56 Å². The predicted molar refractivity (Wildman–Crippen MR) is 115 cm³/mol. The van der Waals surface area contributed by atoms with Gasteiger partial charge in [0.15, 0.2) is 10.9 Å². The van der Waals surface area contributed by atoms with Crippen LogP contribution in [-0.4, -0.2) is 28.3 Å². The second-order valence-corrected chi connectivity index (χ2v) is 7.84. The number of ether oxygens (including phenoxy) is 1. The molecule has 0 aliphatic rings. The van der Waals surface area contributed by atoms with E-state index in [2.05, 4.69) is 10.4 Å². The number of benzene rings is 2. The van der Waals surface area contributed by atoms with Crippen LogP contribution in [0.1, 0.15) is 21.7 Å². The molecule has 0 radical (unpaired) electrons. The molecular formula is C20H19Cl2N3O2S. The molecule has 146 valence electrons. The van der Waals surface area contributed by atoms with Gasteiger partial charge in [0.2, 0.25) is 0 Å². The number of hydrogen-bond donors (Lipinski definition) is 1. The number of imidazole rings is 1. The molecule has 0 saturated carbocycles.